The molecule has 0 saturated carbocycles. The second-order valence-corrected chi connectivity index (χ2v) is 10.3. The van der Waals surface area contributed by atoms with Gasteiger partial charge < -0.3 is 9.30 Å². The number of fused-ring (bicyclic) bond motifs is 6. The van der Waals surface area contributed by atoms with Gasteiger partial charge in [-0.1, -0.05) is 31.5 Å². The first-order chi connectivity index (χ1) is 13.6. The highest BCUT2D eigenvalue weighted by atomic mass is 32.2. The van der Waals surface area contributed by atoms with Gasteiger partial charge in [-0.25, -0.2) is 4.79 Å². The third kappa shape index (κ3) is 3.27. The van der Waals surface area contributed by atoms with Gasteiger partial charge in [-0.3, -0.25) is 4.90 Å². The predicted octanol–water partition coefficient (Wildman–Crippen LogP) is 4.81. The van der Waals surface area contributed by atoms with E-state index in [1.54, 1.807) is 0 Å². The van der Waals surface area contributed by atoms with Gasteiger partial charge in [-0.2, -0.15) is 0 Å². The van der Waals surface area contributed by atoms with E-state index in [-0.39, 0.29) is 12.0 Å². The summed E-state index contributed by atoms with van der Waals surface area (Å²) in [6, 6.07) is 10.9. The van der Waals surface area contributed by atoms with E-state index in [1.807, 2.05) is 23.5 Å². The minimum Gasteiger partial charge on any atom is -0.467 e. The van der Waals surface area contributed by atoms with Gasteiger partial charge in [-0.15, -0.1) is 23.5 Å². The monoisotopic (exact) mass is 418 g/mol. The molecule has 4 atom stereocenters. The summed E-state index contributed by atoms with van der Waals surface area (Å²) in [4.78, 5) is 15.6. The van der Waals surface area contributed by atoms with Gasteiger partial charge >= 0.3 is 5.97 Å². The van der Waals surface area contributed by atoms with Crippen molar-refractivity contribution in [2.24, 2.45) is 11.8 Å². The fourth-order valence-corrected chi connectivity index (χ4v) is 6.74. The first-order valence-corrected chi connectivity index (χ1v) is 12.7. The molecule has 0 radical (unpaired) electrons. The Balaban J connectivity index is 1.84. The number of rotatable bonds is 6. The first-order valence-electron chi connectivity index (χ1n) is 10.1. The van der Waals surface area contributed by atoms with Crippen LogP contribution in [0, 0.1) is 11.8 Å². The van der Waals surface area contributed by atoms with Crippen molar-refractivity contribution < 1.29 is 9.53 Å². The largest absolute Gasteiger partial charge is 0.467 e. The molecule has 2 aliphatic heterocycles. The average molecular weight is 419 g/mol. The van der Waals surface area contributed by atoms with Gasteiger partial charge in [0.2, 0.25) is 0 Å². The topological polar surface area (TPSA) is 34.5 Å². The number of carbonyl (C=O) groups excluding carboxylic acids is 1. The quantitative estimate of drug-likeness (QED) is 0.497. The standard InChI is InChI=1S/C22H30N2O2S2/c1-5-14-12-23(13-20(27-3)28-4)18-11-16(14)21(22(25)26-2)24-17-9-7-6-8-15(17)10-19(18)24/h6-10,14,16,18,20-21H,5,11-13H2,1-4H3/t14?,16-,18-,21-/m0/s1. The van der Waals surface area contributed by atoms with E-state index in [4.69, 9.17) is 4.74 Å². The molecule has 0 amide bonds. The maximum absolute atomic E-state index is 12.9. The molecule has 1 saturated heterocycles. The number of likely N-dealkylation sites (tertiary alicyclic amines) is 1. The molecule has 1 fully saturated rings. The number of piperidine rings is 1. The number of thioether (sulfide) groups is 2. The Morgan fingerprint density at radius 3 is 2.71 bits per heavy atom. The molecule has 28 heavy (non-hydrogen) atoms. The van der Waals surface area contributed by atoms with Crippen LogP contribution in [0.3, 0.4) is 0 Å². The molecule has 4 rings (SSSR count). The number of aromatic nitrogens is 1. The van der Waals surface area contributed by atoms with Crippen LogP contribution in [0.25, 0.3) is 10.9 Å². The molecule has 2 bridgehead atoms. The van der Waals surface area contributed by atoms with Crippen LogP contribution in [0.15, 0.2) is 30.3 Å². The minimum absolute atomic E-state index is 0.0935. The summed E-state index contributed by atoms with van der Waals surface area (Å²) >= 11 is 3.88. The Morgan fingerprint density at radius 2 is 2.04 bits per heavy atom. The van der Waals surface area contributed by atoms with Crippen molar-refractivity contribution in [1.82, 2.24) is 9.47 Å². The van der Waals surface area contributed by atoms with E-state index in [0.717, 1.165) is 31.4 Å². The molecule has 3 heterocycles. The molecule has 1 aromatic heterocycles. The third-order valence-corrected chi connectivity index (χ3v) is 9.19. The van der Waals surface area contributed by atoms with Crippen molar-refractivity contribution in [3.8, 4) is 0 Å². The van der Waals surface area contributed by atoms with Crippen LogP contribution < -0.4 is 0 Å². The van der Waals surface area contributed by atoms with Crippen LogP contribution in [0.4, 0.5) is 0 Å². The summed E-state index contributed by atoms with van der Waals surface area (Å²) in [6.45, 7) is 4.42. The number of benzene rings is 1. The molecule has 152 valence electrons. The summed E-state index contributed by atoms with van der Waals surface area (Å²) in [5.41, 5.74) is 2.44. The van der Waals surface area contributed by atoms with Crippen molar-refractivity contribution in [3.63, 3.8) is 0 Å². The Hall–Kier alpha value is -1.11. The number of esters is 1. The maximum atomic E-state index is 12.9. The number of nitrogens with zero attached hydrogens (tertiary/aromatic N) is 2. The Bertz CT molecular complexity index is 848. The van der Waals surface area contributed by atoms with Crippen LogP contribution in [-0.2, 0) is 9.53 Å². The predicted molar refractivity (Wildman–Crippen MR) is 120 cm³/mol. The van der Waals surface area contributed by atoms with E-state index in [0.29, 0.717) is 22.5 Å². The lowest BCUT2D eigenvalue weighted by Crippen LogP contribution is -2.52. The Kier molecular flexibility index (Phi) is 6.00. The molecule has 6 heteroatoms. The zero-order valence-corrected chi connectivity index (χ0v) is 18.8. The summed E-state index contributed by atoms with van der Waals surface area (Å²) in [5.74, 6) is 0.757. The van der Waals surface area contributed by atoms with Gasteiger partial charge in [0, 0.05) is 24.3 Å². The molecule has 4 nitrogen and oxygen atoms in total. The van der Waals surface area contributed by atoms with E-state index >= 15 is 0 Å². The molecular weight excluding hydrogens is 388 g/mol. The number of para-hydroxylation sites is 1. The smallest absolute Gasteiger partial charge is 0.329 e. The molecule has 2 aliphatic rings. The van der Waals surface area contributed by atoms with Crippen molar-refractivity contribution in [2.75, 3.05) is 32.7 Å². The lowest BCUT2D eigenvalue weighted by molar-refractivity contribution is -0.150. The number of ether oxygens (including phenoxy) is 1. The highest BCUT2D eigenvalue weighted by molar-refractivity contribution is 8.16. The first kappa shape index (κ1) is 20.2. The van der Waals surface area contributed by atoms with Crippen LogP contribution >= 0.6 is 23.5 Å². The fraction of sp³-hybridized carbons (Fsp3) is 0.591. The molecule has 0 spiro atoms. The highest BCUT2D eigenvalue weighted by Gasteiger charge is 2.49. The Labute approximate surface area is 176 Å². The zero-order valence-electron chi connectivity index (χ0n) is 17.1. The second kappa shape index (κ2) is 8.33. The fourth-order valence-electron chi connectivity index (χ4n) is 5.28. The summed E-state index contributed by atoms with van der Waals surface area (Å²) in [6.07, 6.45) is 6.55. The van der Waals surface area contributed by atoms with Gasteiger partial charge in [0.1, 0.15) is 6.04 Å². The van der Waals surface area contributed by atoms with Crippen LogP contribution in [0.1, 0.15) is 37.5 Å². The second-order valence-electron chi connectivity index (χ2n) is 7.90. The van der Waals surface area contributed by atoms with E-state index in [9.17, 15) is 4.79 Å². The van der Waals surface area contributed by atoms with Crippen LogP contribution in [0.2, 0.25) is 0 Å². The van der Waals surface area contributed by atoms with Crippen molar-refractivity contribution in [2.45, 2.75) is 36.4 Å². The molecule has 2 aromatic rings. The number of carbonyl (C=O) groups is 1. The van der Waals surface area contributed by atoms with Gasteiger partial charge in [-0.05, 0) is 48.3 Å². The lowest BCUT2D eigenvalue weighted by Gasteiger charge is -2.51. The molecular formula is C22H30N2O2S2. The van der Waals surface area contributed by atoms with Gasteiger partial charge in [0.05, 0.1) is 17.7 Å². The molecule has 0 N–H and O–H groups in total. The average Bonchev–Trinajstić information content (AvgIpc) is 3.12. The maximum Gasteiger partial charge on any atom is 0.329 e. The molecule has 0 aliphatic carbocycles. The van der Waals surface area contributed by atoms with E-state index in [2.05, 4.69) is 59.2 Å². The van der Waals surface area contributed by atoms with Crippen molar-refractivity contribution >= 4 is 40.4 Å². The molecule has 1 unspecified atom stereocenters. The SMILES string of the molecule is CCC1CN(CC(SC)SC)[C@H]2C[C@@H]1[C@@H](C(=O)OC)n1c2cc2ccccc21. The third-order valence-electron chi connectivity index (χ3n) is 6.69. The summed E-state index contributed by atoms with van der Waals surface area (Å²) in [5, 5.41) is 1.22. The van der Waals surface area contributed by atoms with Crippen molar-refractivity contribution in [1.29, 1.82) is 0 Å². The Morgan fingerprint density at radius 1 is 1.29 bits per heavy atom. The normalized spacial score (nSPS) is 27.2. The summed E-state index contributed by atoms with van der Waals surface area (Å²) < 4.78 is 8.18. The van der Waals surface area contributed by atoms with Gasteiger partial charge in [0.15, 0.2) is 0 Å². The number of hydrogen-bond donors (Lipinski definition) is 0. The van der Waals surface area contributed by atoms with Crippen molar-refractivity contribution in [3.05, 3.63) is 36.0 Å². The zero-order chi connectivity index (χ0) is 19.8. The summed E-state index contributed by atoms with van der Waals surface area (Å²) in [7, 11) is 1.53. The van der Waals surface area contributed by atoms with E-state index < -0.39 is 0 Å². The van der Waals surface area contributed by atoms with Crippen LogP contribution in [-0.4, -0.2) is 52.7 Å². The van der Waals surface area contributed by atoms with Crippen LogP contribution in [0.5, 0.6) is 0 Å². The highest BCUT2D eigenvalue weighted by Crippen LogP contribution is 2.51. The van der Waals surface area contributed by atoms with Gasteiger partial charge in [0.25, 0.3) is 0 Å². The number of hydrogen-bond acceptors (Lipinski definition) is 5. The molecule has 1 aromatic carbocycles. The minimum atomic E-state index is -0.208. The number of methoxy groups -OCH3 is 1. The van der Waals surface area contributed by atoms with E-state index in [1.165, 1.54) is 18.2 Å². The lowest BCUT2D eigenvalue weighted by atomic mass is 9.73.